The maximum absolute atomic E-state index is 11.7. The summed E-state index contributed by atoms with van der Waals surface area (Å²) in [5.74, 6) is -0.517. The van der Waals surface area contributed by atoms with Crippen LogP contribution < -0.4 is 0 Å². The van der Waals surface area contributed by atoms with Crippen molar-refractivity contribution in [3.05, 3.63) is 47.4 Å². The molecule has 6 nitrogen and oxygen atoms in total. The molecule has 1 aromatic carbocycles. The number of aromatic nitrogens is 4. The molecule has 0 saturated carbocycles. The Labute approximate surface area is 121 Å². The van der Waals surface area contributed by atoms with Gasteiger partial charge in [0.1, 0.15) is 0 Å². The van der Waals surface area contributed by atoms with Gasteiger partial charge in [-0.1, -0.05) is 30.3 Å². The monoisotopic (exact) mass is 282 g/mol. The van der Waals surface area contributed by atoms with Gasteiger partial charge in [-0.2, -0.15) is 5.10 Å². The normalized spacial score (nSPS) is 10.8. The maximum Gasteiger partial charge on any atom is 0.360 e. The first-order valence-electron chi connectivity index (χ1n) is 6.50. The van der Waals surface area contributed by atoms with Crippen molar-refractivity contribution in [3.8, 4) is 11.1 Å². The second-order valence-corrected chi connectivity index (χ2v) is 4.69. The number of ether oxygens (including phenoxy) is 1. The summed E-state index contributed by atoms with van der Waals surface area (Å²) in [4.78, 5) is 11.7. The smallest absolute Gasteiger partial charge is 0.360 e. The average Bonchev–Trinajstić information content (AvgIpc) is 2.85. The van der Waals surface area contributed by atoms with E-state index in [4.69, 9.17) is 4.74 Å². The Bertz CT molecular complexity index is 825. The van der Waals surface area contributed by atoms with Crippen LogP contribution in [-0.2, 0) is 4.74 Å². The Kier molecular flexibility index (Phi) is 3.13. The molecule has 2 aromatic heterocycles. The van der Waals surface area contributed by atoms with E-state index in [0.29, 0.717) is 11.3 Å². The molecule has 0 atom stereocenters. The molecule has 0 bridgehead atoms. The summed E-state index contributed by atoms with van der Waals surface area (Å²) in [7, 11) is 1.32. The highest BCUT2D eigenvalue weighted by Gasteiger charge is 2.20. The minimum absolute atomic E-state index is 0.173. The van der Waals surface area contributed by atoms with Crippen LogP contribution in [0.5, 0.6) is 0 Å². The molecule has 0 N–H and O–H groups in total. The molecule has 0 aliphatic heterocycles. The van der Waals surface area contributed by atoms with Crippen molar-refractivity contribution in [3.63, 3.8) is 0 Å². The van der Waals surface area contributed by atoms with Crippen LogP contribution >= 0.6 is 0 Å². The lowest BCUT2D eigenvalue weighted by Crippen LogP contribution is -2.12. The molecule has 0 aliphatic rings. The zero-order chi connectivity index (χ0) is 15.0. The number of esters is 1. The van der Waals surface area contributed by atoms with Crippen molar-refractivity contribution >= 4 is 11.6 Å². The molecule has 0 aliphatic carbocycles. The number of fused-ring (bicyclic) bond motifs is 1. The minimum Gasteiger partial charge on any atom is -0.464 e. The highest BCUT2D eigenvalue weighted by Crippen LogP contribution is 2.27. The van der Waals surface area contributed by atoms with Crippen LogP contribution in [0.4, 0.5) is 0 Å². The van der Waals surface area contributed by atoms with Gasteiger partial charge in [-0.05, 0) is 19.4 Å². The molecule has 2 heterocycles. The fourth-order valence-electron chi connectivity index (χ4n) is 2.34. The second-order valence-electron chi connectivity index (χ2n) is 4.69. The number of aryl methyl sites for hydroxylation is 2. The van der Waals surface area contributed by atoms with E-state index in [-0.39, 0.29) is 5.69 Å². The quantitative estimate of drug-likeness (QED) is 0.674. The second kappa shape index (κ2) is 4.97. The van der Waals surface area contributed by atoms with E-state index in [1.807, 2.05) is 37.3 Å². The van der Waals surface area contributed by atoms with Crippen molar-refractivity contribution in [2.24, 2.45) is 0 Å². The highest BCUT2D eigenvalue weighted by molar-refractivity contribution is 5.89. The van der Waals surface area contributed by atoms with Gasteiger partial charge in [0.05, 0.1) is 24.1 Å². The largest absolute Gasteiger partial charge is 0.464 e. The Balaban J connectivity index is 2.28. The number of hydrogen-bond acceptors (Lipinski definition) is 5. The highest BCUT2D eigenvalue weighted by atomic mass is 16.5. The van der Waals surface area contributed by atoms with Gasteiger partial charge in [0, 0.05) is 0 Å². The molecule has 0 amide bonds. The van der Waals surface area contributed by atoms with Gasteiger partial charge in [-0.15, -0.1) is 10.2 Å². The summed E-state index contributed by atoms with van der Waals surface area (Å²) >= 11 is 0. The zero-order valence-corrected chi connectivity index (χ0v) is 12.0. The summed E-state index contributed by atoms with van der Waals surface area (Å²) in [6, 6.07) is 9.87. The van der Waals surface area contributed by atoms with Crippen molar-refractivity contribution in [1.29, 1.82) is 0 Å². The van der Waals surface area contributed by atoms with Gasteiger partial charge < -0.3 is 4.74 Å². The van der Waals surface area contributed by atoms with Crippen LogP contribution in [0.1, 0.15) is 21.9 Å². The van der Waals surface area contributed by atoms with E-state index in [0.717, 1.165) is 16.8 Å². The van der Waals surface area contributed by atoms with Gasteiger partial charge in [-0.25, -0.2) is 9.31 Å². The molecule has 0 radical (unpaired) electrons. The summed E-state index contributed by atoms with van der Waals surface area (Å²) in [6.45, 7) is 3.68. The Hall–Kier alpha value is -2.76. The van der Waals surface area contributed by atoms with E-state index in [1.165, 1.54) is 7.11 Å². The molecule has 0 saturated heterocycles. The molecule has 106 valence electrons. The zero-order valence-electron chi connectivity index (χ0n) is 12.0. The predicted molar refractivity (Wildman–Crippen MR) is 77.0 cm³/mol. The fourth-order valence-corrected chi connectivity index (χ4v) is 2.34. The number of benzene rings is 1. The fraction of sp³-hybridized carbons (Fsp3) is 0.200. The van der Waals surface area contributed by atoms with Gasteiger partial charge in [-0.3, -0.25) is 0 Å². The summed E-state index contributed by atoms with van der Waals surface area (Å²) in [5, 5.41) is 12.6. The first-order valence-corrected chi connectivity index (χ1v) is 6.50. The minimum atomic E-state index is -0.517. The Morgan fingerprint density at radius 1 is 1.14 bits per heavy atom. The van der Waals surface area contributed by atoms with Gasteiger partial charge in [0.15, 0.2) is 11.3 Å². The predicted octanol–water partition coefficient (Wildman–Crippen LogP) is 2.19. The molecule has 0 fully saturated rings. The molecule has 3 rings (SSSR count). The standard InChI is InChI=1S/C15H14N4O2/c1-9-12(11-7-5-4-6-8-11)14-17-16-13(15(20)21-3)10(2)19(14)18-9/h4-8H,1-3H3. The molecule has 3 aromatic rings. The lowest BCUT2D eigenvalue weighted by atomic mass is 10.1. The lowest BCUT2D eigenvalue weighted by molar-refractivity contribution is 0.0590. The molecular formula is C15H14N4O2. The Morgan fingerprint density at radius 2 is 1.86 bits per heavy atom. The third-order valence-electron chi connectivity index (χ3n) is 3.38. The molecule has 21 heavy (non-hydrogen) atoms. The van der Waals surface area contributed by atoms with Crippen molar-refractivity contribution < 1.29 is 9.53 Å². The van der Waals surface area contributed by atoms with Crippen LogP contribution in [-0.4, -0.2) is 32.9 Å². The third-order valence-corrected chi connectivity index (χ3v) is 3.38. The first kappa shape index (κ1) is 13.2. The summed E-state index contributed by atoms with van der Waals surface area (Å²) in [5.41, 5.74) is 4.18. The van der Waals surface area contributed by atoms with Crippen LogP contribution in [0.2, 0.25) is 0 Å². The van der Waals surface area contributed by atoms with Gasteiger partial charge in [0.2, 0.25) is 0 Å². The van der Waals surface area contributed by atoms with Crippen LogP contribution in [0, 0.1) is 13.8 Å². The Morgan fingerprint density at radius 3 is 2.52 bits per heavy atom. The maximum atomic E-state index is 11.7. The topological polar surface area (TPSA) is 69.4 Å². The van der Waals surface area contributed by atoms with Crippen molar-refractivity contribution in [2.75, 3.05) is 7.11 Å². The third kappa shape index (κ3) is 2.05. The molecule has 0 unspecified atom stereocenters. The molecule has 6 heteroatoms. The van der Waals surface area contributed by atoms with Crippen LogP contribution in [0.3, 0.4) is 0 Å². The van der Waals surface area contributed by atoms with Crippen molar-refractivity contribution in [1.82, 2.24) is 19.8 Å². The number of rotatable bonds is 2. The van der Waals surface area contributed by atoms with Gasteiger partial charge in [0.25, 0.3) is 0 Å². The van der Waals surface area contributed by atoms with Crippen LogP contribution in [0.25, 0.3) is 16.8 Å². The summed E-state index contributed by atoms with van der Waals surface area (Å²) in [6.07, 6.45) is 0. The molecular weight excluding hydrogens is 268 g/mol. The number of carbonyl (C=O) groups is 1. The van der Waals surface area contributed by atoms with Gasteiger partial charge >= 0.3 is 5.97 Å². The van der Waals surface area contributed by atoms with Crippen molar-refractivity contribution in [2.45, 2.75) is 13.8 Å². The number of methoxy groups -OCH3 is 1. The first-order chi connectivity index (χ1) is 10.1. The van der Waals surface area contributed by atoms with E-state index < -0.39 is 5.97 Å². The molecule has 0 spiro atoms. The summed E-state index contributed by atoms with van der Waals surface area (Å²) < 4.78 is 6.34. The number of carbonyl (C=O) groups excluding carboxylic acids is 1. The lowest BCUT2D eigenvalue weighted by Gasteiger charge is -2.04. The number of hydrogen-bond donors (Lipinski definition) is 0. The van der Waals surface area contributed by atoms with E-state index in [1.54, 1.807) is 11.4 Å². The van der Waals surface area contributed by atoms with E-state index >= 15 is 0 Å². The number of nitrogens with zero attached hydrogens (tertiary/aromatic N) is 4. The van der Waals surface area contributed by atoms with E-state index in [2.05, 4.69) is 15.3 Å². The van der Waals surface area contributed by atoms with E-state index in [9.17, 15) is 4.79 Å². The average molecular weight is 282 g/mol. The van der Waals surface area contributed by atoms with Crippen LogP contribution in [0.15, 0.2) is 30.3 Å². The SMILES string of the molecule is COC(=O)c1nnc2c(-c3ccccc3)c(C)nn2c1C.